The molecule has 0 aliphatic carbocycles. The summed E-state index contributed by atoms with van der Waals surface area (Å²) in [4.78, 5) is 2.30. The number of benzene rings is 1. The van der Waals surface area contributed by atoms with E-state index in [-0.39, 0.29) is 0 Å². The van der Waals surface area contributed by atoms with Gasteiger partial charge in [0.05, 0.1) is 6.61 Å². The highest BCUT2D eigenvalue weighted by Crippen LogP contribution is 2.24. The van der Waals surface area contributed by atoms with Crippen molar-refractivity contribution in [3.8, 4) is 0 Å². The fraction of sp³-hybridized carbons (Fsp3) is 0.571. The zero-order valence-corrected chi connectivity index (χ0v) is 13.3. The highest BCUT2D eigenvalue weighted by atomic mass is 79.9. The summed E-state index contributed by atoms with van der Waals surface area (Å²) in [5, 5.41) is 0. The van der Waals surface area contributed by atoms with Crippen LogP contribution >= 0.6 is 15.9 Å². The number of nitrogens with zero attached hydrogens (tertiary/aromatic N) is 1. The van der Waals surface area contributed by atoms with Crippen LogP contribution in [0.5, 0.6) is 0 Å². The largest absolute Gasteiger partial charge is 0.385 e. The van der Waals surface area contributed by atoms with Crippen LogP contribution in [-0.2, 0) is 16.0 Å². The molecule has 0 atom stereocenters. The van der Waals surface area contributed by atoms with Gasteiger partial charge in [0.25, 0.3) is 0 Å². The third-order valence-corrected chi connectivity index (χ3v) is 3.70. The van der Waals surface area contributed by atoms with Crippen molar-refractivity contribution >= 4 is 21.6 Å². The number of halogens is 1. The molecule has 0 fully saturated rings. The normalized spacial score (nSPS) is 10.7. The van der Waals surface area contributed by atoms with Gasteiger partial charge in [-0.05, 0) is 24.1 Å². The fourth-order valence-corrected chi connectivity index (χ4v) is 2.40. The second-order valence-electron chi connectivity index (χ2n) is 4.31. The van der Waals surface area contributed by atoms with Crippen molar-refractivity contribution in [1.29, 1.82) is 0 Å². The summed E-state index contributed by atoms with van der Waals surface area (Å²) >= 11 is 3.56. The second-order valence-corrected chi connectivity index (χ2v) is 5.16. The Kier molecular flexibility index (Phi) is 8.05. The number of nitrogens with two attached hydrogens (primary N) is 1. The van der Waals surface area contributed by atoms with Crippen molar-refractivity contribution in [2.24, 2.45) is 5.73 Å². The summed E-state index contributed by atoms with van der Waals surface area (Å²) in [5.74, 6) is 0. The predicted molar refractivity (Wildman–Crippen MR) is 82.6 cm³/mol. The van der Waals surface area contributed by atoms with Crippen LogP contribution in [0.25, 0.3) is 0 Å². The zero-order chi connectivity index (χ0) is 14.1. The smallest absolute Gasteiger partial charge is 0.0637 e. The van der Waals surface area contributed by atoms with Crippen LogP contribution in [0.15, 0.2) is 22.7 Å². The van der Waals surface area contributed by atoms with Gasteiger partial charge in [0.2, 0.25) is 0 Å². The number of ether oxygens (including phenoxy) is 2. The molecular formula is C14H23BrN2O2. The lowest BCUT2D eigenvalue weighted by molar-refractivity contribution is 0.191. The number of methoxy groups -OCH3 is 2. The van der Waals surface area contributed by atoms with Gasteiger partial charge in [-0.3, -0.25) is 0 Å². The molecule has 0 heterocycles. The van der Waals surface area contributed by atoms with Crippen molar-refractivity contribution in [2.75, 3.05) is 45.4 Å². The van der Waals surface area contributed by atoms with Crippen LogP contribution in [-0.4, -0.2) is 40.5 Å². The van der Waals surface area contributed by atoms with E-state index in [4.69, 9.17) is 15.2 Å². The Bertz CT molecular complexity index is 374. The lowest BCUT2D eigenvalue weighted by Gasteiger charge is -2.25. The molecule has 1 aromatic carbocycles. The molecule has 0 aliphatic heterocycles. The first kappa shape index (κ1) is 16.4. The molecule has 0 unspecified atom stereocenters. The second kappa shape index (κ2) is 9.31. The Morgan fingerprint density at radius 3 is 2.47 bits per heavy atom. The zero-order valence-electron chi connectivity index (χ0n) is 11.7. The van der Waals surface area contributed by atoms with Crippen molar-refractivity contribution in [1.82, 2.24) is 0 Å². The number of hydrogen-bond donors (Lipinski definition) is 1. The SMILES string of the molecule is COCCCN(CCOC)c1ccc(CN)c(Br)c1. The minimum Gasteiger partial charge on any atom is -0.385 e. The first-order valence-corrected chi connectivity index (χ1v) is 7.23. The Morgan fingerprint density at radius 1 is 1.16 bits per heavy atom. The van der Waals surface area contributed by atoms with E-state index in [1.165, 1.54) is 5.69 Å². The summed E-state index contributed by atoms with van der Waals surface area (Å²) in [7, 11) is 3.45. The van der Waals surface area contributed by atoms with Gasteiger partial charge >= 0.3 is 0 Å². The third-order valence-electron chi connectivity index (χ3n) is 2.96. The van der Waals surface area contributed by atoms with Crippen LogP contribution in [0, 0.1) is 0 Å². The van der Waals surface area contributed by atoms with Crippen molar-refractivity contribution in [3.63, 3.8) is 0 Å². The maximum Gasteiger partial charge on any atom is 0.0637 e. The molecule has 108 valence electrons. The molecule has 1 aromatic rings. The lowest BCUT2D eigenvalue weighted by Crippen LogP contribution is -2.29. The maximum absolute atomic E-state index is 5.68. The molecule has 2 N–H and O–H groups in total. The minimum atomic E-state index is 0.544. The molecule has 5 heteroatoms. The van der Waals surface area contributed by atoms with E-state index < -0.39 is 0 Å². The van der Waals surface area contributed by atoms with Crippen LogP contribution in [0.3, 0.4) is 0 Å². The average Bonchev–Trinajstić information content (AvgIpc) is 2.42. The molecular weight excluding hydrogens is 308 g/mol. The summed E-state index contributed by atoms with van der Waals surface area (Å²) in [6.45, 7) is 3.84. The predicted octanol–water partition coefficient (Wildman–Crippen LogP) is 2.40. The summed E-state index contributed by atoms with van der Waals surface area (Å²) in [6.07, 6.45) is 0.997. The number of rotatable bonds is 9. The van der Waals surface area contributed by atoms with E-state index in [2.05, 4.69) is 39.0 Å². The summed E-state index contributed by atoms with van der Waals surface area (Å²) < 4.78 is 11.3. The molecule has 0 spiro atoms. The first-order chi connectivity index (χ1) is 9.22. The molecule has 19 heavy (non-hydrogen) atoms. The van der Waals surface area contributed by atoms with E-state index in [0.29, 0.717) is 13.2 Å². The molecule has 0 bridgehead atoms. The Hall–Kier alpha value is -0.620. The highest BCUT2D eigenvalue weighted by Gasteiger charge is 2.08. The van der Waals surface area contributed by atoms with Crippen LogP contribution in [0.1, 0.15) is 12.0 Å². The molecule has 0 aromatic heterocycles. The van der Waals surface area contributed by atoms with E-state index in [9.17, 15) is 0 Å². The topological polar surface area (TPSA) is 47.7 Å². The van der Waals surface area contributed by atoms with Crippen molar-refractivity contribution in [2.45, 2.75) is 13.0 Å². The van der Waals surface area contributed by atoms with Crippen molar-refractivity contribution in [3.05, 3.63) is 28.2 Å². The van der Waals surface area contributed by atoms with E-state index in [0.717, 1.165) is 36.2 Å². The van der Waals surface area contributed by atoms with Gasteiger partial charge in [-0.1, -0.05) is 22.0 Å². The average molecular weight is 331 g/mol. The standard InChI is InChI=1S/C14H23BrN2O2/c1-18-8-3-6-17(7-9-19-2)13-5-4-12(11-16)14(15)10-13/h4-5,10H,3,6-9,11,16H2,1-2H3. The van der Waals surface area contributed by atoms with Gasteiger partial charge in [-0.15, -0.1) is 0 Å². The highest BCUT2D eigenvalue weighted by molar-refractivity contribution is 9.10. The molecule has 0 saturated carbocycles. The van der Waals surface area contributed by atoms with Gasteiger partial charge in [0.15, 0.2) is 0 Å². The fourth-order valence-electron chi connectivity index (χ4n) is 1.87. The van der Waals surface area contributed by atoms with Crippen molar-refractivity contribution < 1.29 is 9.47 Å². The van der Waals surface area contributed by atoms with E-state index in [1.807, 2.05) is 0 Å². The minimum absolute atomic E-state index is 0.544. The van der Waals surface area contributed by atoms with E-state index >= 15 is 0 Å². The third kappa shape index (κ3) is 5.48. The monoisotopic (exact) mass is 330 g/mol. The van der Waals surface area contributed by atoms with Gasteiger partial charge in [0, 0.05) is 50.6 Å². The van der Waals surface area contributed by atoms with Gasteiger partial charge < -0.3 is 20.1 Å². The molecule has 1 rings (SSSR count). The van der Waals surface area contributed by atoms with Gasteiger partial charge in [-0.2, -0.15) is 0 Å². The quantitative estimate of drug-likeness (QED) is 0.706. The molecule has 0 saturated heterocycles. The summed E-state index contributed by atoms with van der Waals surface area (Å²) in [5.41, 5.74) is 7.97. The van der Waals surface area contributed by atoms with Gasteiger partial charge in [-0.25, -0.2) is 0 Å². The summed E-state index contributed by atoms with van der Waals surface area (Å²) in [6, 6.07) is 6.29. The van der Waals surface area contributed by atoms with Crippen LogP contribution < -0.4 is 10.6 Å². The Labute approximate surface area is 124 Å². The number of anilines is 1. The van der Waals surface area contributed by atoms with Crippen LogP contribution in [0.4, 0.5) is 5.69 Å². The maximum atomic E-state index is 5.68. The van der Waals surface area contributed by atoms with Crippen LogP contribution in [0.2, 0.25) is 0 Å². The lowest BCUT2D eigenvalue weighted by atomic mass is 10.2. The first-order valence-electron chi connectivity index (χ1n) is 6.44. The molecule has 0 amide bonds. The van der Waals surface area contributed by atoms with Gasteiger partial charge in [0.1, 0.15) is 0 Å². The van der Waals surface area contributed by atoms with E-state index in [1.54, 1.807) is 14.2 Å². The molecule has 0 aliphatic rings. The number of hydrogen-bond acceptors (Lipinski definition) is 4. The molecule has 0 radical (unpaired) electrons. The Morgan fingerprint density at radius 2 is 1.89 bits per heavy atom. The molecule has 4 nitrogen and oxygen atoms in total. The Balaban J connectivity index is 2.74.